The number of aromatic hydroxyl groups is 1. The van der Waals surface area contributed by atoms with Crippen molar-refractivity contribution in [2.24, 2.45) is 7.05 Å². The van der Waals surface area contributed by atoms with Crippen molar-refractivity contribution in [2.75, 3.05) is 0 Å². The predicted octanol–water partition coefficient (Wildman–Crippen LogP) is 2.62. The fourth-order valence-corrected chi connectivity index (χ4v) is 1.97. The Morgan fingerprint density at radius 3 is 2.23 bits per heavy atom. The summed E-state index contributed by atoms with van der Waals surface area (Å²) in [5, 5.41) is 9.63. The smallest absolute Gasteiger partial charge is 0.461 e. The number of carbonyl (C=O) groups is 1. The van der Waals surface area contributed by atoms with Crippen molar-refractivity contribution in [3.63, 3.8) is 0 Å². The van der Waals surface area contributed by atoms with Crippen LogP contribution in [0.25, 0.3) is 10.9 Å². The molecule has 22 heavy (non-hydrogen) atoms. The zero-order chi connectivity index (χ0) is 16.9. The molecular formula is C13H8F5NO3. The van der Waals surface area contributed by atoms with Crippen LogP contribution in [0.3, 0.4) is 0 Å². The van der Waals surface area contributed by atoms with Gasteiger partial charge in [-0.3, -0.25) is 9.59 Å². The highest BCUT2D eigenvalue weighted by Gasteiger charge is 2.64. The van der Waals surface area contributed by atoms with E-state index >= 15 is 0 Å². The first kappa shape index (κ1) is 15.9. The van der Waals surface area contributed by atoms with Crippen molar-refractivity contribution in [3.8, 4) is 5.75 Å². The summed E-state index contributed by atoms with van der Waals surface area (Å²) >= 11 is 0. The number of pyridine rings is 1. The van der Waals surface area contributed by atoms with Gasteiger partial charge in [0, 0.05) is 12.4 Å². The van der Waals surface area contributed by atoms with Gasteiger partial charge in [0.1, 0.15) is 11.3 Å². The first-order chi connectivity index (χ1) is 10.00. The van der Waals surface area contributed by atoms with Crippen LogP contribution in [0.5, 0.6) is 5.75 Å². The molecule has 9 heteroatoms. The summed E-state index contributed by atoms with van der Waals surface area (Å²) in [5.41, 5.74) is -2.95. The Morgan fingerprint density at radius 2 is 1.68 bits per heavy atom. The molecule has 0 saturated carbocycles. The van der Waals surface area contributed by atoms with Gasteiger partial charge in [0.25, 0.3) is 11.3 Å². The Labute approximate surface area is 119 Å². The standard InChI is InChI=1S/C13H8F5NO3/c1-19-7-5-3-2-4-6(7)9(20)8(11(19)22)10(21)12(14,15)13(16,17)18/h2-5,20H,1H3. The number of hydrogen-bond donors (Lipinski definition) is 1. The Bertz CT molecular complexity index is 823. The maximum absolute atomic E-state index is 13.2. The molecule has 4 nitrogen and oxygen atoms in total. The van der Waals surface area contributed by atoms with Gasteiger partial charge < -0.3 is 9.67 Å². The number of alkyl halides is 5. The Morgan fingerprint density at radius 1 is 1.14 bits per heavy atom. The van der Waals surface area contributed by atoms with Gasteiger partial charge in [-0.1, -0.05) is 12.1 Å². The lowest BCUT2D eigenvalue weighted by Gasteiger charge is -2.19. The molecule has 2 aromatic rings. The second-order valence-corrected chi connectivity index (χ2v) is 4.51. The second-order valence-electron chi connectivity index (χ2n) is 4.51. The quantitative estimate of drug-likeness (QED) is 0.683. The molecule has 0 aliphatic heterocycles. The molecule has 0 spiro atoms. The van der Waals surface area contributed by atoms with Crippen molar-refractivity contribution < 1.29 is 31.9 Å². The molecule has 0 aliphatic carbocycles. The number of nitrogens with zero attached hydrogens (tertiary/aromatic N) is 1. The Hall–Kier alpha value is -2.45. The maximum Gasteiger partial charge on any atom is 0.461 e. The number of hydrogen-bond acceptors (Lipinski definition) is 3. The van der Waals surface area contributed by atoms with Crippen LogP contribution in [0.15, 0.2) is 29.1 Å². The number of benzene rings is 1. The normalized spacial score (nSPS) is 12.6. The SMILES string of the molecule is Cn1c(=O)c(C(=O)C(F)(F)C(F)(F)F)c(O)c2ccccc21. The maximum atomic E-state index is 13.2. The minimum Gasteiger partial charge on any atom is -0.506 e. The third-order valence-electron chi connectivity index (χ3n) is 3.14. The van der Waals surface area contributed by atoms with Gasteiger partial charge in [0.05, 0.1) is 5.52 Å². The lowest BCUT2D eigenvalue weighted by molar-refractivity contribution is -0.255. The van der Waals surface area contributed by atoms with Crippen LogP contribution >= 0.6 is 0 Å². The number of halogens is 5. The highest BCUT2D eigenvalue weighted by molar-refractivity contribution is 6.07. The van der Waals surface area contributed by atoms with Gasteiger partial charge in [-0.25, -0.2) is 0 Å². The molecule has 0 unspecified atom stereocenters. The zero-order valence-corrected chi connectivity index (χ0v) is 10.9. The minimum atomic E-state index is -6.17. The van der Waals surface area contributed by atoms with E-state index in [-0.39, 0.29) is 10.9 Å². The number of rotatable bonds is 2. The third-order valence-corrected chi connectivity index (χ3v) is 3.14. The average Bonchev–Trinajstić information content (AvgIpc) is 2.43. The molecule has 2 rings (SSSR count). The van der Waals surface area contributed by atoms with Crippen LogP contribution in [0.4, 0.5) is 22.0 Å². The number of carbonyl (C=O) groups excluding carboxylic acids is 1. The predicted molar refractivity (Wildman–Crippen MR) is 66.2 cm³/mol. The van der Waals surface area contributed by atoms with Gasteiger partial charge in [-0.15, -0.1) is 0 Å². The van der Waals surface area contributed by atoms with E-state index < -0.39 is 34.8 Å². The Balaban J connectivity index is 2.83. The molecule has 1 aromatic heterocycles. The molecule has 0 bridgehead atoms. The summed E-state index contributed by atoms with van der Waals surface area (Å²) in [6, 6.07) is 5.36. The van der Waals surface area contributed by atoms with E-state index in [2.05, 4.69) is 0 Å². The van der Waals surface area contributed by atoms with E-state index in [4.69, 9.17) is 0 Å². The number of ketones is 1. The first-order valence-corrected chi connectivity index (χ1v) is 5.80. The summed E-state index contributed by atoms with van der Waals surface area (Å²) < 4.78 is 63.9. The molecule has 0 radical (unpaired) electrons. The topological polar surface area (TPSA) is 59.3 Å². The van der Waals surface area contributed by atoms with Gasteiger partial charge in [-0.2, -0.15) is 22.0 Å². The van der Waals surface area contributed by atoms with Crippen LogP contribution in [0.1, 0.15) is 10.4 Å². The number of Topliss-reactive ketones (excluding diaryl/α,β-unsaturated/α-hetero) is 1. The summed E-state index contributed by atoms with van der Waals surface area (Å²) in [4.78, 5) is 23.4. The first-order valence-electron chi connectivity index (χ1n) is 5.80. The van der Waals surface area contributed by atoms with Crippen LogP contribution < -0.4 is 5.56 Å². The molecule has 1 heterocycles. The lowest BCUT2D eigenvalue weighted by atomic mass is 10.0. The number of aromatic nitrogens is 1. The second kappa shape index (κ2) is 4.79. The Kier molecular flexibility index (Phi) is 3.47. The van der Waals surface area contributed by atoms with Gasteiger partial charge in [0.2, 0.25) is 0 Å². The average molecular weight is 321 g/mol. The zero-order valence-electron chi connectivity index (χ0n) is 10.9. The van der Waals surface area contributed by atoms with E-state index in [0.717, 1.165) is 11.6 Å². The fraction of sp³-hybridized carbons (Fsp3) is 0.231. The van der Waals surface area contributed by atoms with E-state index in [0.29, 0.717) is 0 Å². The molecule has 1 aromatic carbocycles. The van der Waals surface area contributed by atoms with E-state index in [1.807, 2.05) is 0 Å². The monoisotopic (exact) mass is 321 g/mol. The molecule has 0 atom stereocenters. The summed E-state index contributed by atoms with van der Waals surface area (Å²) in [5.74, 6) is -9.77. The van der Waals surface area contributed by atoms with Crippen molar-refractivity contribution in [2.45, 2.75) is 12.1 Å². The fourth-order valence-electron chi connectivity index (χ4n) is 1.97. The van der Waals surface area contributed by atoms with Gasteiger partial charge >= 0.3 is 12.1 Å². The molecule has 0 amide bonds. The number of fused-ring (bicyclic) bond motifs is 1. The van der Waals surface area contributed by atoms with Crippen LogP contribution in [-0.2, 0) is 7.05 Å². The number of aryl methyl sites for hydroxylation is 1. The van der Waals surface area contributed by atoms with Crippen molar-refractivity contribution in [1.29, 1.82) is 0 Å². The van der Waals surface area contributed by atoms with Crippen LogP contribution in [-0.4, -0.2) is 27.6 Å². The molecule has 0 fully saturated rings. The summed E-state index contributed by atoms with van der Waals surface area (Å²) in [7, 11) is 1.09. The van der Waals surface area contributed by atoms with E-state index in [1.54, 1.807) is 0 Å². The molecular weight excluding hydrogens is 313 g/mol. The minimum absolute atomic E-state index is 0.0804. The van der Waals surface area contributed by atoms with E-state index in [1.165, 1.54) is 24.3 Å². The molecule has 0 saturated heterocycles. The van der Waals surface area contributed by atoms with Crippen molar-refractivity contribution in [3.05, 3.63) is 40.2 Å². The van der Waals surface area contributed by atoms with Crippen molar-refractivity contribution >= 4 is 16.7 Å². The van der Waals surface area contributed by atoms with Gasteiger partial charge in [0.15, 0.2) is 0 Å². The van der Waals surface area contributed by atoms with E-state index in [9.17, 15) is 36.6 Å². The largest absolute Gasteiger partial charge is 0.506 e. The number of para-hydroxylation sites is 1. The summed E-state index contributed by atoms with van der Waals surface area (Å²) in [6.45, 7) is 0. The highest BCUT2D eigenvalue weighted by atomic mass is 19.4. The lowest BCUT2D eigenvalue weighted by Crippen LogP contribution is -2.46. The highest BCUT2D eigenvalue weighted by Crippen LogP contribution is 2.39. The van der Waals surface area contributed by atoms with Crippen LogP contribution in [0.2, 0.25) is 0 Å². The van der Waals surface area contributed by atoms with Crippen molar-refractivity contribution in [1.82, 2.24) is 4.57 Å². The molecule has 1 N–H and O–H groups in total. The summed E-state index contributed by atoms with van der Waals surface area (Å²) in [6.07, 6.45) is -6.17. The van der Waals surface area contributed by atoms with Gasteiger partial charge in [-0.05, 0) is 12.1 Å². The molecule has 118 valence electrons. The third kappa shape index (κ3) is 2.13. The van der Waals surface area contributed by atoms with Crippen LogP contribution in [0, 0.1) is 0 Å². The molecule has 0 aliphatic rings.